The molecule has 0 spiro atoms. The fourth-order valence-electron chi connectivity index (χ4n) is 4.38. The molecule has 2 aromatic rings. The number of fused-ring (bicyclic) bond motifs is 1. The molecule has 24 heavy (non-hydrogen) atoms. The summed E-state index contributed by atoms with van der Waals surface area (Å²) in [7, 11) is 0. The molecule has 1 saturated heterocycles. The van der Waals surface area contributed by atoms with Gasteiger partial charge in [-0.3, -0.25) is 0 Å². The Morgan fingerprint density at radius 3 is 2.21 bits per heavy atom. The molecule has 0 saturated carbocycles. The van der Waals surface area contributed by atoms with E-state index in [2.05, 4.69) is 19.9 Å². The summed E-state index contributed by atoms with van der Waals surface area (Å²) in [6.07, 6.45) is 1.60. The number of aliphatic hydroxyl groups is 1. The van der Waals surface area contributed by atoms with Crippen molar-refractivity contribution in [2.75, 3.05) is 13.2 Å². The lowest BCUT2D eigenvalue weighted by Gasteiger charge is -2.36. The van der Waals surface area contributed by atoms with Gasteiger partial charge in [0.05, 0.1) is 13.2 Å². The Labute approximate surface area is 143 Å². The fraction of sp³-hybridized carbons (Fsp3) is 0.429. The molecule has 2 atom stereocenters. The summed E-state index contributed by atoms with van der Waals surface area (Å²) >= 11 is 0. The zero-order valence-corrected chi connectivity index (χ0v) is 14.3. The molecule has 2 aromatic carbocycles. The quantitative estimate of drug-likeness (QED) is 0.935. The van der Waals surface area contributed by atoms with Gasteiger partial charge in [0.2, 0.25) is 0 Å². The maximum atomic E-state index is 11.8. The number of benzene rings is 2. The van der Waals surface area contributed by atoms with Gasteiger partial charge in [-0.2, -0.15) is 0 Å². The lowest BCUT2D eigenvalue weighted by Crippen LogP contribution is -2.37. The van der Waals surface area contributed by atoms with Crippen LogP contribution in [0.4, 0.5) is 0 Å². The highest BCUT2D eigenvalue weighted by Crippen LogP contribution is 2.49. The second-order valence-corrected chi connectivity index (χ2v) is 6.88. The van der Waals surface area contributed by atoms with Crippen LogP contribution in [0.2, 0.25) is 0 Å². The van der Waals surface area contributed by atoms with E-state index >= 15 is 0 Å². The van der Waals surface area contributed by atoms with E-state index in [1.54, 1.807) is 0 Å². The summed E-state index contributed by atoms with van der Waals surface area (Å²) in [6, 6.07) is 16.3. The van der Waals surface area contributed by atoms with Crippen molar-refractivity contribution in [1.29, 1.82) is 0 Å². The van der Waals surface area contributed by atoms with Gasteiger partial charge in [0.15, 0.2) is 5.79 Å². The van der Waals surface area contributed by atoms with Crippen molar-refractivity contribution in [3.05, 3.63) is 70.8 Å². The van der Waals surface area contributed by atoms with Crippen LogP contribution in [0.5, 0.6) is 0 Å². The van der Waals surface area contributed by atoms with Crippen LogP contribution in [0, 0.1) is 5.92 Å². The summed E-state index contributed by atoms with van der Waals surface area (Å²) < 4.78 is 12.0. The molecule has 2 unspecified atom stereocenters. The highest BCUT2D eigenvalue weighted by Gasteiger charge is 2.49. The van der Waals surface area contributed by atoms with E-state index in [4.69, 9.17) is 9.47 Å². The standard InChI is InChI=1S/C21H24O3/c1-3-20(23-12-13-24-20)18-10-6-7-11-19(18)21(22)15(2)14-16-8-4-5-9-17(16)21/h4-11,15,22H,3,12-14H2,1-2H3. The lowest BCUT2D eigenvalue weighted by atomic mass is 9.77. The monoisotopic (exact) mass is 324 g/mol. The Morgan fingerprint density at radius 2 is 1.54 bits per heavy atom. The van der Waals surface area contributed by atoms with Gasteiger partial charge in [0.1, 0.15) is 5.60 Å². The summed E-state index contributed by atoms with van der Waals surface area (Å²) in [5, 5.41) is 11.8. The van der Waals surface area contributed by atoms with Gasteiger partial charge in [0, 0.05) is 12.0 Å². The molecule has 1 fully saturated rings. The van der Waals surface area contributed by atoms with Gasteiger partial charge in [-0.1, -0.05) is 62.4 Å². The van der Waals surface area contributed by atoms with E-state index in [-0.39, 0.29) is 5.92 Å². The van der Waals surface area contributed by atoms with Crippen molar-refractivity contribution in [3.63, 3.8) is 0 Å². The molecule has 0 aromatic heterocycles. The Bertz CT molecular complexity index is 748. The molecular formula is C21H24O3. The third-order valence-corrected chi connectivity index (χ3v) is 5.63. The molecule has 4 rings (SSSR count). The fourth-order valence-corrected chi connectivity index (χ4v) is 4.38. The number of rotatable bonds is 3. The third-order valence-electron chi connectivity index (χ3n) is 5.63. The molecule has 0 amide bonds. The van der Waals surface area contributed by atoms with Crippen LogP contribution >= 0.6 is 0 Å². The van der Waals surface area contributed by atoms with Crippen molar-refractivity contribution in [3.8, 4) is 0 Å². The zero-order valence-electron chi connectivity index (χ0n) is 14.3. The van der Waals surface area contributed by atoms with Crippen molar-refractivity contribution >= 4 is 0 Å². The van der Waals surface area contributed by atoms with Crippen molar-refractivity contribution < 1.29 is 14.6 Å². The first-order valence-corrected chi connectivity index (χ1v) is 8.80. The molecule has 1 N–H and O–H groups in total. The maximum Gasteiger partial charge on any atom is 0.195 e. The average molecular weight is 324 g/mol. The molecule has 0 bridgehead atoms. The SMILES string of the molecule is CCC1(c2ccccc2C2(O)c3ccccc3CC2C)OCCO1. The minimum atomic E-state index is -1.01. The second-order valence-electron chi connectivity index (χ2n) is 6.88. The number of ether oxygens (including phenoxy) is 2. The van der Waals surface area contributed by atoms with Crippen molar-refractivity contribution in [1.82, 2.24) is 0 Å². The summed E-state index contributed by atoms with van der Waals surface area (Å²) in [5.41, 5.74) is 3.09. The van der Waals surface area contributed by atoms with Crippen LogP contribution < -0.4 is 0 Å². The minimum Gasteiger partial charge on any atom is -0.380 e. The molecule has 1 aliphatic carbocycles. The van der Waals surface area contributed by atoms with Crippen molar-refractivity contribution in [2.24, 2.45) is 5.92 Å². The molecule has 0 radical (unpaired) electrons. The van der Waals surface area contributed by atoms with E-state index in [9.17, 15) is 5.11 Å². The Hall–Kier alpha value is -1.68. The number of hydrogen-bond acceptors (Lipinski definition) is 3. The summed E-state index contributed by atoms with van der Waals surface area (Å²) in [5.74, 6) is -0.643. The first kappa shape index (κ1) is 15.8. The summed E-state index contributed by atoms with van der Waals surface area (Å²) in [4.78, 5) is 0. The van der Waals surface area contributed by atoms with Gasteiger partial charge in [-0.15, -0.1) is 0 Å². The smallest absolute Gasteiger partial charge is 0.195 e. The average Bonchev–Trinajstić information content (AvgIpc) is 3.20. The minimum absolute atomic E-state index is 0.103. The molecule has 3 nitrogen and oxygen atoms in total. The van der Waals surface area contributed by atoms with E-state index in [0.717, 1.165) is 29.5 Å². The van der Waals surface area contributed by atoms with Crippen LogP contribution in [-0.2, 0) is 27.3 Å². The Kier molecular flexibility index (Phi) is 3.75. The van der Waals surface area contributed by atoms with E-state index in [1.165, 1.54) is 5.56 Å². The third kappa shape index (κ3) is 2.08. The van der Waals surface area contributed by atoms with E-state index in [1.807, 2.05) is 42.5 Å². The van der Waals surface area contributed by atoms with Crippen LogP contribution in [0.3, 0.4) is 0 Å². The zero-order chi connectivity index (χ0) is 16.8. The predicted octanol–water partition coefficient (Wildman–Crippen LogP) is 3.72. The van der Waals surface area contributed by atoms with Crippen molar-refractivity contribution in [2.45, 2.75) is 38.1 Å². The highest BCUT2D eigenvalue weighted by molar-refractivity contribution is 5.50. The maximum absolute atomic E-state index is 11.8. The number of hydrogen-bond donors (Lipinski definition) is 1. The first-order chi connectivity index (χ1) is 11.6. The Morgan fingerprint density at radius 1 is 0.958 bits per heavy atom. The molecule has 1 aliphatic heterocycles. The van der Waals surface area contributed by atoms with E-state index in [0.29, 0.717) is 13.2 Å². The van der Waals surface area contributed by atoms with Gasteiger partial charge in [-0.25, -0.2) is 0 Å². The second kappa shape index (κ2) is 5.69. The van der Waals surface area contributed by atoms with Crippen LogP contribution in [0.1, 0.15) is 42.5 Å². The van der Waals surface area contributed by atoms with E-state index < -0.39 is 11.4 Å². The van der Waals surface area contributed by atoms with Gasteiger partial charge in [0.25, 0.3) is 0 Å². The molecular weight excluding hydrogens is 300 g/mol. The molecule has 2 aliphatic rings. The van der Waals surface area contributed by atoms with Gasteiger partial charge in [-0.05, 0) is 29.0 Å². The first-order valence-electron chi connectivity index (χ1n) is 8.80. The summed E-state index contributed by atoms with van der Waals surface area (Å²) in [6.45, 7) is 5.36. The van der Waals surface area contributed by atoms with Gasteiger partial charge < -0.3 is 14.6 Å². The largest absolute Gasteiger partial charge is 0.380 e. The van der Waals surface area contributed by atoms with Crippen LogP contribution in [0.25, 0.3) is 0 Å². The molecule has 1 heterocycles. The van der Waals surface area contributed by atoms with Crippen LogP contribution in [-0.4, -0.2) is 18.3 Å². The topological polar surface area (TPSA) is 38.7 Å². The van der Waals surface area contributed by atoms with Gasteiger partial charge >= 0.3 is 0 Å². The normalized spacial score (nSPS) is 28.0. The highest BCUT2D eigenvalue weighted by atomic mass is 16.7. The molecule has 126 valence electrons. The lowest BCUT2D eigenvalue weighted by molar-refractivity contribution is -0.169. The van der Waals surface area contributed by atoms with Crippen LogP contribution in [0.15, 0.2) is 48.5 Å². The molecule has 3 heteroatoms. The predicted molar refractivity (Wildman–Crippen MR) is 92.6 cm³/mol. The Balaban J connectivity index is 1.92.